The molecule has 0 N–H and O–H groups in total. The van der Waals surface area contributed by atoms with Crippen molar-refractivity contribution in [2.45, 2.75) is 37.7 Å². The van der Waals surface area contributed by atoms with Gasteiger partial charge in [0.15, 0.2) is 0 Å². The molecule has 0 atom stereocenters. The highest BCUT2D eigenvalue weighted by Crippen LogP contribution is 2.36. The van der Waals surface area contributed by atoms with Gasteiger partial charge in [-0.3, -0.25) is 0 Å². The van der Waals surface area contributed by atoms with E-state index in [0.717, 1.165) is 4.58 Å². The molecular formula is C11H20S2. The van der Waals surface area contributed by atoms with Crippen molar-refractivity contribution in [2.24, 2.45) is 5.41 Å². The fourth-order valence-electron chi connectivity index (χ4n) is 1.30. The lowest BCUT2D eigenvalue weighted by molar-refractivity contribution is 0.431. The predicted molar refractivity (Wildman–Crippen MR) is 66.5 cm³/mol. The maximum atomic E-state index is 3.88. The first kappa shape index (κ1) is 11.5. The molecule has 1 aliphatic heterocycles. The molecule has 0 amide bonds. The lowest BCUT2D eigenvalue weighted by Crippen LogP contribution is -2.12. The third-order valence-corrected chi connectivity index (χ3v) is 5.55. The van der Waals surface area contributed by atoms with Crippen molar-refractivity contribution in [1.82, 2.24) is 0 Å². The van der Waals surface area contributed by atoms with Crippen LogP contribution in [0.15, 0.2) is 12.7 Å². The molecule has 13 heavy (non-hydrogen) atoms. The van der Waals surface area contributed by atoms with E-state index in [4.69, 9.17) is 0 Å². The van der Waals surface area contributed by atoms with Gasteiger partial charge in [0.25, 0.3) is 0 Å². The first-order valence-electron chi connectivity index (χ1n) is 5.01. The van der Waals surface area contributed by atoms with Gasteiger partial charge < -0.3 is 0 Å². The third-order valence-electron chi connectivity index (χ3n) is 2.47. The third kappa shape index (κ3) is 4.46. The normalized spacial score (nSPS) is 20.2. The maximum Gasteiger partial charge on any atom is 0.0502 e. The smallest absolute Gasteiger partial charge is 0.0502 e. The zero-order valence-electron chi connectivity index (χ0n) is 8.71. The van der Waals surface area contributed by atoms with Crippen LogP contribution in [0, 0.1) is 5.41 Å². The predicted octanol–water partition coefficient (Wildman–Crippen LogP) is 4.18. The van der Waals surface area contributed by atoms with Crippen LogP contribution in [0.3, 0.4) is 0 Å². The lowest BCUT2D eigenvalue weighted by Gasteiger charge is -2.25. The standard InChI is InChI=1S/C11H20S2/c1-4-11(2,3)7-6-10-12-8-5-9-13-10/h4,10H,1,5-9H2,2-3H3. The Morgan fingerprint density at radius 2 is 2.00 bits per heavy atom. The average Bonchev–Trinajstić information content (AvgIpc) is 2.17. The van der Waals surface area contributed by atoms with Gasteiger partial charge in [0.1, 0.15) is 0 Å². The molecule has 0 spiro atoms. The summed E-state index contributed by atoms with van der Waals surface area (Å²) in [6.45, 7) is 8.43. The summed E-state index contributed by atoms with van der Waals surface area (Å²) in [5, 5.41) is 0. The summed E-state index contributed by atoms with van der Waals surface area (Å²) >= 11 is 4.29. The van der Waals surface area contributed by atoms with Gasteiger partial charge in [-0.05, 0) is 36.2 Å². The van der Waals surface area contributed by atoms with Gasteiger partial charge in [-0.25, -0.2) is 0 Å². The maximum absolute atomic E-state index is 3.88. The monoisotopic (exact) mass is 216 g/mol. The molecule has 76 valence electrons. The number of rotatable bonds is 4. The van der Waals surface area contributed by atoms with Gasteiger partial charge in [0.2, 0.25) is 0 Å². The minimum atomic E-state index is 0.332. The molecule has 2 heteroatoms. The van der Waals surface area contributed by atoms with Crippen LogP contribution in [-0.4, -0.2) is 16.1 Å². The fraction of sp³-hybridized carbons (Fsp3) is 0.818. The second kappa shape index (κ2) is 5.35. The largest absolute Gasteiger partial charge is 0.148 e. The molecule has 0 radical (unpaired) electrons. The Labute approximate surface area is 90.9 Å². The van der Waals surface area contributed by atoms with E-state index in [-0.39, 0.29) is 0 Å². The van der Waals surface area contributed by atoms with Crippen molar-refractivity contribution in [3.05, 3.63) is 12.7 Å². The van der Waals surface area contributed by atoms with E-state index in [0.29, 0.717) is 5.41 Å². The van der Waals surface area contributed by atoms with Gasteiger partial charge >= 0.3 is 0 Å². The van der Waals surface area contributed by atoms with E-state index >= 15 is 0 Å². The summed E-state index contributed by atoms with van der Waals surface area (Å²) in [7, 11) is 0. The van der Waals surface area contributed by atoms with Gasteiger partial charge in [0, 0.05) is 0 Å². The van der Waals surface area contributed by atoms with Gasteiger partial charge in [-0.1, -0.05) is 19.9 Å². The quantitative estimate of drug-likeness (QED) is 0.647. The minimum Gasteiger partial charge on any atom is -0.148 e. The van der Waals surface area contributed by atoms with E-state index in [2.05, 4.69) is 50.0 Å². The van der Waals surface area contributed by atoms with Crippen molar-refractivity contribution in [2.75, 3.05) is 11.5 Å². The van der Waals surface area contributed by atoms with Crippen LogP contribution < -0.4 is 0 Å². The molecule has 0 nitrogen and oxygen atoms in total. The first-order valence-corrected chi connectivity index (χ1v) is 7.10. The highest BCUT2D eigenvalue weighted by Gasteiger charge is 2.19. The number of hydrogen-bond acceptors (Lipinski definition) is 2. The molecule has 0 unspecified atom stereocenters. The second-order valence-electron chi connectivity index (χ2n) is 4.26. The Morgan fingerprint density at radius 1 is 1.38 bits per heavy atom. The SMILES string of the molecule is C=CC(C)(C)CCC1SCCCS1. The zero-order chi connectivity index (χ0) is 9.73. The molecule has 1 saturated heterocycles. The molecule has 0 aliphatic carbocycles. The molecule has 0 aromatic carbocycles. The van der Waals surface area contributed by atoms with Crippen LogP contribution in [0.2, 0.25) is 0 Å². The fourth-order valence-corrected chi connectivity index (χ4v) is 4.16. The van der Waals surface area contributed by atoms with Crippen LogP contribution in [0.4, 0.5) is 0 Å². The molecular weight excluding hydrogens is 196 g/mol. The summed E-state index contributed by atoms with van der Waals surface area (Å²) < 4.78 is 0.855. The Bertz CT molecular complexity index is 157. The Morgan fingerprint density at radius 3 is 2.54 bits per heavy atom. The molecule has 0 aromatic rings. The minimum absolute atomic E-state index is 0.332. The summed E-state index contributed by atoms with van der Waals surface area (Å²) in [4.78, 5) is 0. The number of hydrogen-bond donors (Lipinski definition) is 0. The first-order chi connectivity index (χ1) is 6.14. The molecule has 1 heterocycles. The average molecular weight is 216 g/mol. The van der Waals surface area contributed by atoms with Crippen LogP contribution >= 0.6 is 23.5 Å². The topological polar surface area (TPSA) is 0 Å². The van der Waals surface area contributed by atoms with E-state index in [9.17, 15) is 0 Å². The van der Waals surface area contributed by atoms with E-state index in [1.165, 1.54) is 30.8 Å². The molecule has 0 aromatic heterocycles. The number of allylic oxidation sites excluding steroid dienone is 1. The van der Waals surface area contributed by atoms with Crippen molar-refractivity contribution in [1.29, 1.82) is 0 Å². The highest BCUT2D eigenvalue weighted by atomic mass is 32.2. The molecule has 1 aliphatic rings. The Kier molecular flexibility index (Phi) is 4.74. The number of thioether (sulfide) groups is 2. The summed E-state index contributed by atoms with van der Waals surface area (Å²) in [6.07, 6.45) is 6.11. The van der Waals surface area contributed by atoms with Crippen molar-refractivity contribution >= 4 is 23.5 Å². The molecule has 0 saturated carbocycles. The van der Waals surface area contributed by atoms with E-state index in [1.807, 2.05) is 0 Å². The van der Waals surface area contributed by atoms with Crippen LogP contribution in [-0.2, 0) is 0 Å². The lowest BCUT2D eigenvalue weighted by atomic mass is 9.88. The second-order valence-corrected chi connectivity index (χ2v) is 7.18. The van der Waals surface area contributed by atoms with E-state index < -0.39 is 0 Å². The van der Waals surface area contributed by atoms with Crippen molar-refractivity contribution in [3.8, 4) is 0 Å². The van der Waals surface area contributed by atoms with Crippen LogP contribution in [0.5, 0.6) is 0 Å². The van der Waals surface area contributed by atoms with Crippen molar-refractivity contribution in [3.63, 3.8) is 0 Å². The highest BCUT2D eigenvalue weighted by molar-refractivity contribution is 8.17. The molecule has 1 fully saturated rings. The van der Waals surface area contributed by atoms with Gasteiger partial charge in [0.05, 0.1) is 4.58 Å². The van der Waals surface area contributed by atoms with Crippen molar-refractivity contribution < 1.29 is 0 Å². The Hall–Kier alpha value is 0.440. The Balaban J connectivity index is 2.20. The van der Waals surface area contributed by atoms with Gasteiger partial charge in [-0.2, -0.15) is 0 Å². The zero-order valence-corrected chi connectivity index (χ0v) is 10.3. The summed E-state index contributed by atoms with van der Waals surface area (Å²) in [5.74, 6) is 2.73. The molecule has 0 bridgehead atoms. The van der Waals surface area contributed by atoms with Gasteiger partial charge in [-0.15, -0.1) is 30.1 Å². The van der Waals surface area contributed by atoms with E-state index in [1.54, 1.807) is 0 Å². The van der Waals surface area contributed by atoms with Crippen LogP contribution in [0.1, 0.15) is 33.1 Å². The van der Waals surface area contributed by atoms with Crippen LogP contribution in [0.25, 0.3) is 0 Å². The molecule has 1 rings (SSSR count). The summed E-state index contributed by atoms with van der Waals surface area (Å²) in [5.41, 5.74) is 0.332. The summed E-state index contributed by atoms with van der Waals surface area (Å²) in [6, 6.07) is 0.